The van der Waals surface area contributed by atoms with Gasteiger partial charge in [0.25, 0.3) is 11.5 Å². The Balaban J connectivity index is 1.45. The highest BCUT2D eigenvalue weighted by atomic mass is 35.5. The number of aryl methyl sites for hydroxylation is 1. The molecule has 0 radical (unpaired) electrons. The Morgan fingerprint density at radius 3 is 3.00 bits per heavy atom. The van der Waals surface area contributed by atoms with Gasteiger partial charge in [-0.1, -0.05) is 29.2 Å². The Morgan fingerprint density at radius 1 is 1.33 bits per heavy atom. The molecule has 1 aliphatic carbocycles. The van der Waals surface area contributed by atoms with Crippen LogP contribution < -0.4 is 15.6 Å². The second kappa shape index (κ2) is 8.83. The number of nitrogens with one attached hydrogen (secondary N) is 1. The fourth-order valence-electron chi connectivity index (χ4n) is 4.96. The van der Waals surface area contributed by atoms with Crippen LogP contribution in [0.5, 0.6) is 5.75 Å². The molecule has 9 heteroatoms. The predicted molar refractivity (Wildman–Crippen MR) is 130 cm³/mol. The molecule has 3 aromatic heterocycles. The van der Waals surface area contributed by atoms with Crippen molar-refractivity contribution in [2.45, 2.75) is 38.6 Å². The van der Waals surface area contributed by atoms with Gasteiger partial charge in [-0.2, -0.15) is 0 Å². The van der Waals surface area contributed by atoms with Crippen LogP contribution in [-0.2, 0) is 0 Å². The van der Waals surface area contributed by atoms with Crippen LogP contribution in [0.15, 0.2) is 38.3 Å². The summed E-state index contributed by atoms with van der Waals surface area (Å²) in [6.45, 7) is 2.30. The van der Waals surface area contributed by atoms with Gasteiger partial charge in [-0.25, -0.2) is 0 Å². The molecule has 5 rings (SSSR count). The number of carbonyl (C=O) groups is 1. The van der Waals surface area contributed by atoms with E-state index in [0.29, 0.717) is 39.5 Å². The molecule has 1 saturated carbocycles. The number of aromatic nitrogens is 2. The lowest BCUT2D eigenvalue weighted by molar-refractivity contribution is 0.0938. The van der Waals surface area contributed by atoms with Crippen LogP contribution >= 0.6 is 22.9 Å². The molecule has 3 heterocycles. The third-order valence-corrected chi connectivity index (χ3v) is 7.58. The van der Waals surface area contributed by atoms with Crippen LogP contribution in [0.25, 0.3) is 21.8 Å². The van der Waals surface area contributed by atoms with Crippen molar-refractivity contribution in [1.82, 2.24) is 15.0 Å². The van der Waals surface area contributed by atoms with Crippen molar-refractivity contribution < 1.29 is 14.1 Å². The lowest BCUT2D eigenvalue weighted by Crippen LogP contribution is -2.34. The summed E-state index contributed by atoms with van der Waals surface area (Å²) < 4.78 is 12.5. The summed E-state index contributed by atoms with van der Waals surface area (Å²) in [5, 5.41) is 12.6. The summed E-state index contributed by atoms with van der Waals surface area (Å²) in [7, 11) is 1.56. The maximum Gasteiger partial charge on any atom is 0.264 e. The molecule has 1 fully saturated rings. The van der Waals surface area contributed by atoms with E-state index in [0.717, 1.165) is 36.6 Å². The van der Waals surface area contributed by atoms with Crippen molar-refractivity contribution >= 4 is 50.7 Å². The summed E-state index contributed by atoms with van der Waals surface area (Å²) in [4.78, 5) is 26.2. The van der Waals surface area contributed by atoms with E-state index in [1.807, 2.05) is 22.1 Å². The Kier molecular flexibility index (Phi) is 5.88. The van der Waals surface area contributed by atoms with Gasteiger partial charge >= 0.3 is 0 Å². The first-order valence-corrected chi connectivity index (χ1v) is 12.3. The number of carbonyl (C=O) groups excluding carboxylic acids is 1. The molecular weight excluding hydrogens is 462 g/mol. The van der Waals surface area contributed by atoms with E-state index < -0.39 is 0 Å². The first kappa shape index (κ1) is 22.0. The maximum atomic E-state index is 13.6. The topological polar surface area (TPSA) is 86.4 Å². The third kappa shape index (κ3) is 3.81. The van der Waals surface area contributed by atoms with Gasteiger partial charge in [0.2, 0.25) is 0 Å². The number of halogens is 1. The second-order valence-electron chi connectivity index (χ2n) is 8.52. The van der Waals surface area contributed by atoms with E-state index in [4.69, 9.17) is 20.9 Å². The molecule has 0 bridgehead atoms. The van der Waals surface area contributed by atoms with E-state index in [-0.39, 0.29) is 23.4 Å². The maximum absolute atomic E-state index is 13.6. The van der Waals surface area contributed by atoms with Crippen LogP contribution in [0.1, 0.15) is 47.8 Å². The largest absolute Gasteiger partial charge is 0.495 e. The molecular formula is C24H24ClN3O4S. The Morgan fingerprint density at radius 2 is 2.18 bits per heavy atom. The molecule has 1 N–H and O–H groups in total. The second-order valence-corrected chi connectivity index (χ2v) is 9.67. The standard InChI is InChI=1S/C24H24ClN3O4S/c1-13-20-22(27-32-13)21-17(25)7-4-8-18(21)28(24(20)30)15-6-3-5-14(9-15)10-26-23(29)16-11-33-12-19(16)31-2/h4,7-8,11-12,14-15H,3,5-6,9-10H2,1-2H3,(H,26,29)/t14-,15+/m1/s1. The number of thiophene rings is 1. The van der Waals surface area contributed by atoms with Crippen LogP contribution in [0.2, 0.25) is 5.02 Å². The summed E-state index contributed by atoms with van der Waals surface area (Å²) in [5.74, 6) is 1.21. The van der Waals surface area contributed by atoms with Crippen molar-refractivity contribution in [3.05, 3.63) is 55.7 Å². The van der Waals surface area contributed by atoms with E-state index in [9.17, 15) is 9.59 Å². The van der Waals surface area contributed by atoms with Gasteiger partial charge in [-0.15, -0.1) is 11.3 Å². The minimum absolute atomic E-state index is 0.00324. The highest BCUT2D eigenvalue weighted by Gasteiger charge is 2.28. The number of pyridine rings is 1. The molecule has 0 unspecified atom stereocenters. The zero-order valence-electron chi connectivity index (χ0n) is 18.4. The number of rotatable bonds is 5. The third-order valence-electron chi connectivity index (χ3n) is 6.55. The number of methoxy groups -OCH3 is 1. The Hall–Kier alpha value is -2.84. The minimum Gasteiger partial charge on any atom is -0.495 e. The smallest absolute Gasteiger partial charge is 0.264 e. The molecule has 172 valence electrons. The molecule has 0 saturated heterocycles. The first-order valence-electron chi connectivity index (χ1n) is 11.0. The monoisotopic (exact) mass is 485 g/mol. The van der Waals surface area contributed by atoms with Gasteiger partial charge in [-0.3, -0.25) is 9.59 Å². The fourth-order valence-corrected chi connectivity index (χ4v) is 5.99. The number of ether oxygens (including phenoxy) is 1. The van der Waals surface area contributed by atoms with Crippen molar-refractivity contribution in [3.8, 4) is 5.75 Å². The molecule has 4 aromatic rings. The summed E-state index contributed by atoms with van der Waals surface area (Å²) in [5.41, 5.74) is 1.74. The quantitative estimate of drug-likeness (QED) is 0.412. The highest BCUT2D eigenvalue weighted by molar-refractivity contribution is 7.08. The van der Waals surface area contributed by atoms with E-state index >= 15 is 0 Å². The van der Waals surface area contributed by atoms with E-state index in [1.54, 1.807) is 25.5 Å². The van der Waals surface area contributed by atoms with Crippen molar-refractivity contribution in [3.63, 3.8) is 0 Å². The number of hydrogen-bond donors (Lipinski definition) is 1. The van der Waals surface area contributed by atoms with Crippen molar-refractivity contribution in [2.24, 2.45) is 5.92 Å². The molecule has 1 aromatic carbocycles. The summed E-state index contributed by atoms with van der Waals surface area (Å²) >= 11 is 7.98. The van der Waals surface area contributed by atoms with Crippen LogP contribution in [0, 0.1) is 12.8 Å². The Labute approximate surface area is 199 Å². The number of nitrogens with zero attached hydrogens (tertiary/aromatic N) is 2. The van der Waals surface area contributed by atoms with E-state index in [1.165, 1.54) is 11.3 Å². The molecule has 1 amide bonds. The average molecular weight is 486 g/mol. The van der Waals surface area contributed by atoms with Gasteiger partial charge in [0.1, 0.15) is 22.4 Å². The molecule has 33 heavy (non-hydrogen) atoms. The predicted octanol–water partition coefficient (Wildman–Crippen LogP) is 5.34. The number of hydrogen-bond acceptors (Lipinski definition) is 6. The first-order chi connectivity index (χ1) is 16.0. The summed E-state index contributed by atoms with van der Waals surface area (Å²) in [6, 6.07) is 5.58. The van der Waals surface area contributed by atoms with Gasteiger partial charge in [-0.05, 0) is 44.2 Å². The zero-order valence-corrected chi connectivity index (χ0v) is 20.0. The van der Waals surface area contributed by atoms with Crippen molar-refractivity contribution in [1.29, 1.82) is 0 Å². The van der Waals surface area contributed by atoms with Gasteiger partial charge in [0.05, 0.1) is 23.2 Å². The Bertz CT molecular complexity index is 1410. The average Bonchev–Trinajstić information content (AvgIpc) is 3.45. The normalized spacial score (nSPS) is 18.6. The number of benzene rings is 1. The lowest BCUT2D eigenvalue weighted by atomic mass is 9.85. The molecule has 1 aliphatic rings. The lowest BCUT2D eigenvalue weighted by Gasteiger charge is -2.31. The van der Waals surface area contributed by atoms with Gasteiger partial charge in [0, 0.05) is 28.7 Å². The molecule has 0 spiro atoms. The fraction of sp³-hybridized carbons (Fsp3) is 0.375. The van der Waals surface area contributed by atoms with Crippen molar-refractivity contribution in [2.75, 3.05) is 13.7 Å². The van der Waals surface area contributed by atoms with Crippen LogP contribution in [0.4, 0.5) is 0 Å². The summed E-state index contributed by atoms with van der Waals surface area (Å²) in [6.07, 6.45) is 3.65. The SMILES string of the molecule is COc1cscc1C(=O)NC[C@@H]1CCC[C@H](n2c(=O)c3c(C)onc3c3c(Cl)cccc32)C1. The molecule has 7 nitrogen and oxygen atoms in total. The van der Waals surface area contributed by atoms with Crippen LogP contribution in [-0.4, -0.2) is 29.3 Å². The minimum atomic E-state index is -0.133. The van der Waals surface area contributed by atoms with Crippen LogP contribution in [0.3, 0.4) is 0 Å². The molecule has 0 aliphatic heterocycles. The zero-order chi connectivity index (χ0) is 23.1. The number of fused-ring (bicyclic) bond motifs is 3. The highest BCUT2D eigenvalue weighted by Crippen LogP contribution is 2.37. The number of amides is 1. The van der Waals surface area contributed by atoms with E-state index in [2.05, 4.69) is 10.5 Å². The molecule has 2 atom stereocenters. The van der Waals surface area contributed by atoms with Gasteiger partial charge < -0.3 is 19.1 Å². The van der Waals surface area contributed by atoms with Gasteiger partial charge in [0.15, 0.2) is 0 Å².